The number of nitrogens with zero attached hydrogens (tertiary/aromatic N) is 1. The molecule has 0 aliphatic carbocycles. The smallest absolute Gasteiger partial charge is 0.337 e. The van der Waals surface area contributed by atoms with Crippen molar-refractivity contribution in [2.24, 2.45) is 5.92 Å². The lowest BCUT2D eigenvalue weighted by Gasteiger charge is -2.25. The number of rotatable bonds is 10. The third-order valence-corrected chi connectivity index (χ3v) is 6.22. The molecule has 3 aromatic rings. The molecule has 1 heterocycles. The second-order valence-electron chi connectivity index (χ2n) is 8.03. The maximum absolute atomic E-state index is 11.5. The number of ether oxygens (including phenoxy) is 3. The van der Waals surface area contributed by atoms with Crippen LogP contribution < -0.4 is 9.47 Å². The second-order valence-corrected chi connectivity index (χ2v) is 9.15. The van der Waals surface area contributed by atoms with Crippen molar-refractivity contribution in [3.63, 3.8) is 0 Å². The summed E-state index contributed by atoms with van der Waals surface area (Å²) < 4.78 is 17.8. The lowest BCUT2D eigenvalue weighted by molar-refractivity contribution is -0.0472. The Morgan fingerprint density at radius 2 is 1.81 bits per heavy atom. The molecule has 0 spiro atoms. The molecule has 172 valence electrons. The summed E-state index contributed by atoms with van der Waals surface area (Å²) in [5.41, 5.74) is 2.08. The summed E-state index contributed by atoms with van der Waals surface area (Å²) in [6, 6.07) is 8.67. The zero-order valence-electron chi connectivity index (χ0n) is 18.9. The molecule has 1 aromatic heterocycles. The summed E-state index contributed by atoms with van der Waals surface area (Å²) in [5, 5.41) is 21.4. The average molecular weight is 460 g/mol. The van der Waals surface area contributed by atoms with Gasteiger partial charge in [0.05, 0.1) is 41.1 Å². The first-order chi connectivity index (χ1) is 15.2. The number of aromatic nitrogens is 1. The Hall–Kier alpha value is -2.68. The number of methoxy groups -OCH3 is 2. The SMILES string of the molecule is COc1cc(C(O)C(Cc2nc3c(C(=O)O)cccc3s2)OCC(C)C)cc(OC)c1C. The van der Waals surface area contributed by atoms with Crippen molar-refractivity contribution in [2.75, 3.05) is 20.8 Å². The standard InChI is InChI=1S/C24H29NO6S/c1-13(2)12-31-19(23(26)15-9-17(29-4)14(3)18(10-15)30-5)11-21-25-22-16(24(27)28)7-6-8-20(22)32-21/h6-10,13,19,23,26H,11-12H2,1-5H3,(H,27,28). The fraction of sp³-hybridized carbons (Fsp3) is 0.417. The van der Waals surface area contributed by atoms with Crippen LogP contribution in [0.5, 0.6) is 11.5 Å². The van der Waals surface area contributed by atoms with Crippen LogP contribution in [0.1, 0.15) is 46.4 Å². The van der Waals surface area contributed by atoms with E-state index in [1.807, 2.05) is 26.8 Å². The zero-order valence-corrected chi connectivity index (χ0v) is 19.7. The van der Waals surface area contributed by atoms with E-state index in [1.54, 1.807) is 38.5 Å². The van der Waals surface area contributed by atoms with Gasteiger partial charge in [-0.25, -0.2) is 9.78 Å². The van der Waals surface area contributed by atoms with Crippen LogP contribution in [-0.4, -0.2) is 48.1 Å². The van der Waals surface area contributed by atoms with Crippen molar-refractivity contribution in [3.8, 4) is 11.5 Å². The van der Waals surface area contributed by atoms with Crippen molar-refractivity contribution in [1.82, 2.24) is 4.98 Å². The highest BCUT2D eigenvalue weighted by atomic mass is 32.1. The van der Waals surface area contributed by atoms with Crippen LogP contribution in [0.2, 0.25) is 0 Å². The van der Waals surface area contributed by atoms with Crippen molar-refractivity contribution >= 4 is 27.5 Å². The number of aromatic carboxylic acids is 1. The van der Waals surface area contributed by atoms with E-state index in [0.717, 1.165) is 10.3 Å². The van der Waals surface area contributed by atoms with Crippen molar-refractivity contribution in [1.29, 1.82) is 0 Å². The lowest BCUT2D eigenvalue weighted by atomic mass is 9.99. The quantitative estimate of drug-likeness (QED) is 0.456. The van der Waals surface area contributed by atoms with Crippen molar-refractivity contribution in [2.45, 2.75) is 39.4 Å². The van der Waals surface area contributed by atoms with Crippen molar-refractivity contribution < 1.29 is 29.2 Å². The minimum atomic E-state index is -1.01. The van der Waals surface area contributed by atoms with Crippen LogP contribution in [0.15, 0.2) is 30.3 Å². The Labute approximate surface area is 191 Å². The van der Waals surface area contributed by atoms with Gasteiger partial charge in [-0.15, -0.1) is 11.3 Å². The highest BCUT2D eigenvalue weighted by Gasteiger charge is 2.26. The van der Waals surface area contributed by atoms with E-state index >= 15 is 0 Å². The molecule has 32 heavy (non-hydrogen) atoms. The predicted molar refractivity (Wildman–Crippen MR) is 124 cm³/mol. The van der Waals surface area contributed by atoms with Gasteiger partial charge < -0.3 is 24.4 Å². The Morgan fingerprint density at radius 1 is 1.16 bits per heavy atom. The largest absolute Gasteiger partial charge is 0.496 e. The van der Waals surface area contributed by atoms with E-state index in [1.165, 1.54) is 11.3 Å². The van der Waals surface area contributed by atoms with Crippen molar-refractivity contribution in [3.05, 3.63) is 52.0 Å². The van der Waals surface area contributed by atoms with Gasteiger partial charge in [0.2, 0.25) is 0 Å². The maximum Gasteiger partial charge on any atom is 0.337 e. The highest BCUT2D eigenvalue weighted by molar-refractivity contribution is 7.18. The Balaban J connectivity index is 1.96. The van der Waals surface area contributed by atoms with Gasteiger partial charge >= 0.3 is 5.97 Å². The molecule has 2 atom stereocenters. The third kappa shape index (κ3) is 5.20. The molecular formula is C24H29NO6S. The first kappa shape index (κ1) is 24.0. The van der Waals surface area contributed by atoms with E-state index in [4.69, 9.17) is 14.2 Å². The molecule has 0 saturated carbocycles. The van der Waals surface area contributed by atoms with Gasteiger partial charge in [0, 0.05) is 18.6 Å². The Bertz CT molecular complexity index is 1070. The molecule has 3 rings (SSSR count). The van der Waals surface area contributed by atoms with E-state index in [9.17, 15) is 15.0 Å². The highest BCUT2D eigenvalue weighted by Crippen LogP contribution is 2.35. The van der Waals surface area contributed by atoms with Crippen LogP contribution >= 0.6 is 11.3 Å². The number of carboxylic acids is 1. The van der Waals surface area contributed by atoms with E-state index in [0.29, 0.717) is 40.6 Å². The summed E-state index contributed by atoms with van der Waals surface area (Å²) in [5.74, 6) is 0.499. The van der Waals surface area contributed by atoms with Gasteiger partial charge in [-0.2, -0.15) is 0 Å². The summed E-state index contributed by atoms with van der Waals surface area (Å²) in [6.45, 7) is 6.44. The molecule has 2 aromatic carbocycles. The molecule has 8 heteroatoms. The number of para-hydroxylation sites is 1. The molecule has 0 radical (unpaired) electrons. The molecule has 0 saturated heterocycles. The molecule has 0 bridgehead atoms. The van der Waals surface area contributed by atoms with Gasteiger partial charge in [-0.05, 0) is 42.7 Å². The number of hydrogen-bond donors (Lipinski definition) is 2. The van der Waals surface area contributed by atoms with E-state index < -0.39 is 18.2 Å². The summed E-state index contributed by atoms with van der Waals surface area (Å²) in [4.78, 5) is 16.1. The van der Waals surface area contributed by atoms with Gasteiger partial charge in [-0.1, -0.05) is 19.9 Å². The summed E-state index contributed by atoms with van der Waals surface area (Å²) >= 11 is 1.41. The normalized spacial score (nSPS) is 13.3. The molecule has 0 fully saturated rings. The van der Waals surface area contributed by atoms with Gasteiger partial charge in [-0.3, -0.25) is 0 Å². The number of aliphatic hydroxyl groups excluding tert-OH is 1. The predicted octanol–water partition coefficient (Wildman–Crippen LogP) is 4.64. The Kier molecular flexibility index (Phi) is 7.71. The van der Waals surface area contributed by atoms with Crippen LogP contribution in [0.4, 0.5) is 0 Å². The number of aliphatic hydroxyl groups is 1. The molecule has 7 nitrogen and oxygen atoms in total. The third-order valence-electron chi connectivity index (χ3n) is 5.18. The number of hydrogen-bond acceptors (Lipinski definition) is 7. The second kappa shape index (κ2) is 10.3. The average Bonchev–Trinajstić information content (AvgIpc) is 3.18. The first-order valence-electron chi connectivity index (χ1n) is 10.4. The minimum absolute atomic E-state index is 0.165. The number of carboxylic acid groups (broad SMARTS) is 1. The fourth-order valence-corrected chi connectivity index (χ4v) is 4.53. The lowest BCUT2D eigenvalue weighted by Crippen LogP contribution is -2.26. The molecular weight excluding hydrogens is 430 g/mol. The minimum Gasteiger partial charge on any atom is -0.496 e. The zero-order chi connectivity index (χ0) is 23.4. The number of thiazole rings is 1. The monoisotopic (exact) mass is 459 g/mol. The Morgan fingerprint density at radius 3 is 2.38 bits per heavy atom. The topological polar surface area (TPSA) is 98.1 Å². The van der Waals surface area contributed by atoms with E-state index in [-0.39, 0.29) is 11.5 Å². The molecule has 2 N–H and O–H groups in total. The van der Waals surface area contributed by atoms with Crippen LogP contribution in [-0.2, 0) is 11.2 Å². The van der Waals surface area contributed by atoms with Crippen LogP contribution in [0.3, 0.4) is 0 Å². The molecule has 0 aliphatic rings. The van der Waals surface area contributed by atoms with Crippen LogP contribution in [0.25, 0.3) is 10.2 Å². The summed E-state index contributed by atoms with van der Waals surface area (Å²) in [7, 11) is 3.15. The maximum atomic E-state index is 11.5. The molecule has 2 unspecified atom stereocenters. The summed E-state index contributed by atoms with van der Waals surface area (Å²) in [6.07, 6.45) is -1.20. The van der Waals surface area contributed by atoms with Gasteiger partial charge in [0.15, 0.2) is 0 Å². The van der Waals surface area contributed by atoms with Crippen LogP contribution in [0, 0.1) is 12.8 Å². The van der Waals surface area contributed by atoms with Gasteiger partial charge in [0.25, 0.3) is 0 Å². The molecule has 0 aliphatic heterocycles. The fourth-order valence-electron chi connectivity index (χ4n) is 3.50. The number of benzene rings is 2. The first-order valence-corrected chi connectivity index (χ1v) is 11.2. The molecule has 0 amide bonds. The number of fused-ring (bicyclic) bond motifs is 1. The number of carbonyl (C=O) groups is 1. The van der Waals surface area contributed by atoms with Gasteiger partial charge in [0.1, 0.15) is 17.6 Å². The van der Waals surface area contributed by atoms with E-state index in [2.05, 4.69) is 4.98 Å².